The Morgan fingerprint density at radius 1 is 1.05 bits per heavy atom. The summed E-state index contributed by atoms with van der Waals surface area (Å²) in [5.41, 5.74) is 2.04. The maximum atomic E-state index is 3.89. The fourth-order valence-electron chi connectivity index (χ4n) is 5.94. The van der Waals surface area contributed by atoms with Crippen molar-refractivity contribution < 1.29 is 0 Å². The Morgan fingerprint density at radius 2 is 1.59 bits per heavy atom. The maximum Gasteiger partial charge on any atom is 0.0208 e. The lowest BCUT2D eigenvalue weighted by Gasteiger charge is -2.59. The lowest BCUT2D eigenvalue weighted by molar-refractivity contribution is -0.0706. The zero-order valence-electron chi connectivity index (χ0n) is 14.0. The van der Waals surface area contributed by atoms with Crippen LogP contribution in [0.1, 0.15) is 51.0 Å². The van der Waals surface area contributed by atoms with Gasteiger partial charge in [-0.05, 0) is 92.6 Å². The van der Waals surface area contributed by atoms with Gasteiger partial charge in [0.2, 0.25) is 0 Å². The molecule has 1 aromatic carbocycles. The summed E-state index contributed by atoms with van der Waals surface area (Å²) >= 11 is 1.82. The molecule has 1 N–H and O–H groups in total. The predicted molar refractivity (Wildman–Crippen MR) is 95.1 cm³/mol. The summed E-state index contributed by atoms with van der Waals surface area (Å²) in [5, 5.41) is 3.89. The average Bonchev–Trinajstić information content (AvgIpc) is 2.51. The minimum atomic E-state index is 0.619. The second-order valence-corrected chi connectivity index (χ2v) is 9.11. The van der Waals surface area contributed by atoms with E-state index < -0.39 is 0 Å². The number of benzene rings is 1. The van der Waals surface area contributed by atoms with E-state index in [0.717, 1.165) is 24.3 Å². The number of hydrogen-bond donors (Lipinski definition) is 1. The van der Waals surface area contributed by atoms with E-state index in [0.29, 0.717) is 11.5 Å². The number of thioether (sulfide) groups is 1. The topological polar surface area (TPSA) is 12.0 Å². The summed E-state index contributed by atoms with van der Waals surface area (Å²) in [7, 11) is 0. The van der Waals surface area contributed by atoms with Gasteiger partial charge in [-0.3, -0.25) is 0 Å². The molecule has 2 heteroatoms. The molecule has 0 unspecified atom stereocenters. The van der Waals surface area contributed by atoms with E-state index in [1.807, 2.05) is 11.8 Å². The zero-order chi connectivity index (χ0) is 15.2. The molecule has 4 saturated carbocycles. The van der Waals surface area contributed by atoms with Crippen LogP contribution in [-0.2, 0) is 6.54 Å². The molecule has 120 valence electrons. The van der Waals surface area contributed by atoms with E-state index in [1.165, 1.54) is 29.7 Å². The normalized spacial score (nSPS) is 37.5. The summed E-state index contributed by atoms with van der Waals surface area (Å²) in [6.07, 6.45) is 11.3. The van der Waals surface area contributed by atoms with Crippen molar-refractivity contribution in [2.75, 3.05) is 6.26 Å². The quantitative estimate of drug-likeness (QED) is 0.758. The van der Waals surface area contributed by atoms with Crippen molar-refractivity contribution >= 4 is 11.8 Å². The van der Waals surface area contributed by atoms with Gasteiger partial charge in [0.15, 0.2) is 0 Å². The van der Waals surface area contributed by atoms with Gasteiger partial charge in [-0.1, -0.05) is 12.1 Å². The van der Waals surface area contributed by atoms with Gasteiger partial charge in [0.1, 0.15) is 0 Å². The highest BCUT2D eigenvalue weighted by Gasteiger charge is 2.52. The lowest BCUT2D eigenvalue weighted by atomic mass is 9.48. The van der Waals surface area contributed by atoms with Crippen LogP contribution >= 0.6 is 11.8 Å². The second-order valence-electron chi connectivity index (χ2n) is 8.23. The third-order valence-corrected chi connectivity index (χ3v) is 7.52. The molecular formula is C20H29NS. The monoisotopic (exact) mass is 315 g/mol. The molecule has 4 aliphatic rings. The van der Waals surface area contributed by atoms with Crippen LogP contribution < -0.4 is 5.32 Å². The van der Waals surface area contributed by atoms with E-state index in [1.54, 1.807) is 19.3 Å². The van der Waals surface area contributed by atoms with Crippen LogP contribution in [0.15, 0.2) is 29.2 Å². The Labute approximate surface area is 139 Å². The molecule has 0 saturated heterocycles. The molecule has 4 bridgehead atoms. The molecule has 4 aliphatic carbocycles. The summed E-state index contributed by atoms with van der Waals surface area (Å²) in [6.45, 7) is 3.49. The highest BCUT2D eigenvalue weighted by Crippen LogP contribution is 2.61. The predicted octanol–water partition coefficient (Wildman–Crippen LogP) is 5.10. The maximum absolute atomic E-state index is 3.89. The van der Waals surface area contributed by atoms with Gasteiger partial charge in [-0.15, -0.1) is 11.8 Å². The Kier molecular flexibility index (Phi) is 4.02. The first-order valence-electron chi connectivity index (χ1n) is 9.03. The van der Waals surface area contributed by atoms with Crippen LogP contribution in [0.25, 0.3) is 0 Å². The van der Waals surface area contributed by atoms with Crippen molar-refractivity contribution in [2.24, 2.45) is 23.2 Å². The molecule has 1 nitrogen and oxygen atoms in total. The zero-order valence-corrected chi connectivity index (χ0v) is 14.8. The minimum Gasteiger partial charge on any atom is -0.310 e. The smallest absolute Gasteiger partial charge is 0.0208 e. The standard InChI is InChI=1S/C20H29NS/c1-14(21-13-15-3-5-19(22-2)6-4-15)20-10-16-7-17(11-20)9-18(8-16)12-20/h3-6,14,16-18,21H,7-13H2,1-2H3/t14-,16?,17?,18?,20?/m1/s1. The van der Waals surface area contributed by atoms with Gasteiger partial charge in [-0.25, -0.2) is 0 Å². The van der Waals surface area contributed by atoms with E-state index >= 15 is 0 Å². The molecule has 0 aliphatic heterocycles. The molecule has 5 rings (SSSR count). The second kappa shape index (κ2) is 5.87. The highest BCUT2D eigenvalue weighted by atomic mass is 32.2. The molecule has 0 aromatic heterocycles. The van der Waals surface area contributed by atoms with Crippen molar-refractivity contribution in [3.63, 3.8) is 0 Å². The first kappa shape index (κ1) is 15.1. The third-order valence-electron chi connectivity index (χ3n) is 6.78. The largest absolute Gasteiger partial charge is 0.310 e. The Morgan fingerprint density at radius 3 is 2.09 bits per heavy atom. The SMILES string of the molecule is CSc1ccc(CN[C@H](C)C23CC4CC(CC(C4)C2)C3)cc1. The van der Waals surface area contributed by atoms with E-state index in [-0.39, 0.29) is 0 Å². The Bertz CT molecular complexity index is 486. The number of nitrogens with one attached hydrogen (secondary N) is 1. The van der Waals surface area contributed by atoms with Gasteiger partial charge < -0.3 is 5.32 Å². The molecule has 0 heterocycles. The number of rotatable bonds is 5. The Balaban J connectivity index is 1.40. The van der Waals surface area contributed by atoms with Gasteiger partial charge in [0.05, 0.1) is 0 Å². The fourth-order valence-corrected chi connectivity index (χ4v) is 6.35. The van der Waals surface area contributed by atoms with Crippen LogP contribution in [0, 0.1) is 23.2 Å². The van der Waals surface area contributed by atoms with Crippen molar-refractivity contribution in [2.45, 2.75) is 62.9 Å². The minimum absolute atomic E-state index is 0.619. The van der Waals surface area contributed by atoms with Crippen LogP contribution in [0.5, 0.6) is 0 Å². The molecule has 1 atom stereocenters. The van der Waals surface area contributed by atoms with Crippen LogP contribution in [0.3, 0.4) is 0 Å². The first-order chi connectivity index (χ1) is 10.7. The third kappa shape index (κ3) is 2.73. The van der Waals surface area contributed by atoms with Gasteiger partial charge >= 0.3 is 0 Å². The molecule has 0 spiro atoms. The summed E-state index contributed by atoms with van der Waals surface area (Å²) < 4.78 is 0. The number of hydrogen-bond acceptors (Lipinski definition) is 2. The molecule has 1 aromatic rings. The van der Waals surface area contributed by atoms with Crippen molar-refractivity contribution in [3.05, 3.63) is 29.8 Å². The Hall–Kier alpha value is -0.470. The van der Waals surface area contributed by atoms with Gasteiger partial charge in [0, 0.05) is 17.5 Å². The molecular weight excluding hydrogens is 286 g/mol. The van der Waals surface area contributed by atoms with Crippen LogP contribution in [0.4, 0.5) is 0 Å². The van der Waals surface area contributed by atoms with Gasteiger partial charge in [0.25, 0.3) is 0 Å². The summed E-state index contributed by atoms with van der Waals surface area (Å²) in [6, 6.07) is 9.73. The van der Waals surface area contributed by atoms with Crippen molar-refractivity contribution in [1.82, 2.24) is 5.32 Å². The fraction of sp³-hybridized carbons (Fsp3) is 0.700. The van der Waals surface area contributed by atoms with Gasteiger partial charge in [-0.2, -0.15) is 0 Å². The van der Waals surface area contributed by atoms with Crippen LogP contribution in [-0.4, -0.2) is 12.3 Å². The van der Waals surface area contributed by atoms with Crippen molar-refractivity contribution in [3.8, 4) is 0 Å². The van der Waals surface area contributed by atoms with E-state index in [9.17, 15) is 0 Å². The highest BCUT2D eigenvalue weighted by molar-refractivity contribution is 7.98. The van der Waals surface area contributed by atoms with E-state index in [4.69, 9.17) is 0 Å². The molecule has 4 fully saturated rings. The molecule has 0 amide bonds. The summed E-state index contributed by atoms with van der Waals surface area (Å²) in [5.74, 6) is 3.16. The lowest BCUT2D eigenvalue weighted by Crippen LogP contribution is -2.54. The van der Waals surface area contributed by atoms with E-state index in [2.05, 4.69) is 42.8 Å². The molecule has 22 heavy (non-hydrogen) atoms. The first-order valence-corrected chi connectivity index (χ1v) is 10.3. The summed E-state index contributed by atoms with van der Waals surface area (Å²) in [4.78, 5) is 1.36. The van der Waals surface area contributed by atoms with Crippen LogP contribution in [0.2, 0.25) is 0 Å². The van der Waals surface area contributed by atoms with Crippen molar-refractivity contribution in [1.29, 1.82) is 0 Å². The average molecular weight is 316 g/mol. The molecule has 0 radical (unpaired) electrons.